The number of ether oxygens (including phenoxy) is 2. The molecule has 1 atom stereocenters. The van der Waals surface area contributed by atoms with Gasteiger partial charge < -0.3 is 29.5 Å². The van der Waals surface area contributed by atoms with E-state index in [9.17, 15) is 33.6 Å². The first kappa shape index (κ1) is 35.2. The zero-order chi connectivity index (χ0) is 37.3. The number of hydrogen-bond donors (Lipinski definition) is 4. The number of aromatic nitrogens is 3. The van der Waals surface area contributed by atoms with Crippen LogP contribution in [0.25, 0.3) is 11.0 Å². The molecule has 270 valence electrons. The molecule has 0 radical (unpaired) electrons. The first-order valence-electron chi connectivity index (χ1n) is 16.3. The summed E-state index contributed by atoms with van der Waals surface area (Å²) < 4.78 is 18.4. The van der Waals surface area contributed by atoms with Gasteiger partial charge in [0.1, 0.15) is 23.1 Å². The number of hydrogen-bond acceptors (Lipinski definition) is 12. The minimum Gasteiger partial charge on any atom is -0.494 e. The van der Waals surface area contributed by atoms with E-state index in [0.717, 1.165) is 4.90 Å². The van der Waals surface area contributed by atoms with Crippen molar-refractivity contribution in [3.8, 4) is 11.5 Å². The molecule has 2 aliphatic heterocycles. The van der Waals surface area contributed by atoms with Gasteiger partial charge in [0, 0.05) is 32.0 Å². The lowest BCUT2D eigenvalue weighted by Gasteiger charge is -2.27. The molecule has 5 N–H and O–H groups in total. The number of nitrogens with two attached hydrogens (primary N) is 1. The lowest BCUT2D eigenvalue weighted by molar-refractivity contribution is -0.136. The summed E-state index contributed by atoms with van der Waals surface area (Å²) in [6.07, 6.45) is 0.765. The molecular formula is C34H34N8O10. The van der Waals surface area contributed by atoms with Gasteiger partial charge in [0.15, 0.2) is 12.5 Å². The van der Waals surface area contributed by atoms with Crippen LogP contribution in [0.1, 0.15) is 79.4 Å². The van der Waals surface area contributed by atoms with Crippen LogP contribution in [0.5, 0.6) is 11.5 Å². The molecule has 2 aromatic carbocycles. The summed E-state index contributed by atoms with van der Waals surface area (Å²) in [4.78, 5) is 98.0. The topological polar surface area (TPSA) is 247 Å². The minimum atomic E-state index is -1.15. The Hall–Kier alpha value is -6.59. The third-order valence-corrected chi connectivity index (χ3v) is 8.55. The minimum absolute atomic E-state index is 0.000396. The smallest absolute Gasteiger partial charge is 0.295 e. The van der Waals surface area contributed by atoms with E-state index in [-0.39, 0.29) is 65.8 Å². The SMILES string of the molecule is CCc1nc(C)oc1C(=O)Nc1nc2cc(C(N)=O)cc(OC)c2n1CCCNC(=O)COc1cccc2c1C(=O)N(C1CCC(=O)NC1=O)C2=O. The van der Waals surface area contributed by atoms with Crippen molar-refractivity contribution in [1.29, 1.82) is 0 Å². The van der Waals surface area contributed by atoms with E-state index in [1.807, 2.05) is 6.92 Å². The number of amides is 7. The molecule has 2 aliphatic rings. The number of carbonyl (C=O) groups excluding carboxylic acids is 7. The van der Waals surface area contributed by atoms with E-state index in [1.165, 1.54) is 37.4 Å². The molecule has 52 heavy (non-hydrogen) atoms. The van der Waals surface area contributed by atoms with Gasteiger partial charge in [-0.25, -0.2) is 9.97 Å². The number of benzene rings is 2. The summed E-state index contributed by atoms with van der Waals surface area (Å²) in [7, 11) is 1.41. The number of nitrogens with zero attached hydrogens (tertiary/aromatic N) is 4. The Balaban J connectivity index is 1.13. The number of primary amides is 1. The van der Waals surface area contributed by atoms with Crippen LogP contribution >= 0.6 is 0 Å². The highest BCUT2D eigenvalue weighted by Crippen LogP contribution is 2.34. The maximum absolute atomic E-state index is 13.3. The van der Waals surface area contributed by atoms with Crippen LogP contribution in [0.4, 0.5) is 5.95 Å². The van der Waals surface area contributed by atoms with E-state index in [1.54, 1.807) is 11.5 Å². The van der Waals surface area contributed by atoms with Crippen LogP contribution in [-0.4, -0.2) is 87.1 Å². The predicted octanol–water partition coefficient (Wildman–Crippen LogP) is 1.24. The van der Waals surface area contributed by atoms with Gasteiger partial charge >= 0.3 is 0 Å². The quantitative estimate of drug-likeness (QED) is 0.113. The Labute approximate surface area is 295 Å². The molecule has 0 bridgehead atoms. The highest BCUT2D eigenvalue weighted by Gasteiger charge is 2.46. The van der Waals surface area contributed by atoms with E-state index in [2.05, 4.69) is 25.9 Å². The van der Waals surface area contributed by atoms with Crippen molar-refractivity contribution in [3.05, 3.63) is 64.4 Å². The normalized spacial score (nSPS) is 15.4. The molecule has 0 saturated carbocycles. The zero-order valence-electron chi connectivity index (χ0n) is 28.4. The van der Waals surface area contributed by atoms with Gasteiger partial charge in [0.2, 0.25) is 29.4 Å². The molecule has 7 amide bonds. The second kappa shape index (κ2) is 14.3. The van der Waals surface area contributed by atoms with Crippen LogP contribution in [0.3, 0.4) is 0 Å². The highest BCUT2D eigenvalue weighted by atomic mass is 16.5. The van der Waals surface area contributed by atoms with Crippen LogP contribution in [0.2, 0.25) is 0 Å². The summed E-state index contributed by atoms with van der Waals surface area (Å²) >= 11 is 0. The van der Waals surface area contributed by atoms with Crippen molar-refractivity contribution < 1.29 is 47.5 Å². The van der Waals surface area contributed by atoms with E-state index < -0.39 is 54.0 Å². The molecule has 6 rings (SSSR count). The summed E-state index contributed by atoms with van der Waals surface area (Å²) in [5.41, 5.74) is 6.86. The van der Waals surface area contributed by atoms with Crippen LogP contribution < -0.4 is 31.2 Å². The molecule has 0 aliphatic carbocycles. The predicted molar refractivity (Wildman–Crippen MR) is 180 cm³/mol. The number of imide groups is 2. The van der Waals surface area contributed by atoms with Crippen molar-refractivity contribution >= 4 is 58.3 Å². The Bertz CT molecular complexity index is 2170. The summed E-state index contributed by atoms with van der Waals surface area (Å²) in [6, 6.07) is 6.14. The highest BCUT2D eigenvalue weighted by molar-refractivity contribution is 6.24. The second-order valence-corrected chi connectivity index (χ2v) is 11.9. The van der Waals surface area contributed by atoms with Crippen molar-refractivity contribution in [2.24, 2.45) is 5.73 Å². The zero-order valence-corrected chi connectivity index (χ0v) is 28.4. The standard InChI is InChI=1S/C34H34N8O10/c1-4-19-28(52-16(2)37-19)31(47)40-34-38-20-13-17(29(35)45)14-23(50-3)27(20)41(34)12-6-11-36-25(44)15-51-22-8-5-7-18-26(22)33(49)42(32(18)48)21-9-10-24(43)39-30(21)46/h5,7-8,13-14,21H,4,6,9-12,15H2,1-3H3,(H2,35,45)(H,36,44)(H,38,40,47)(H,39,43,46). The van der Waals surface area contributed by atoms with Gasteiger partial charge in [-0.2, -0.15) is 0 Å². The fourth-order valence-electron chi connectivity index (χ4n) is 6.15. The average Bonchev–Trinajstić information content (AvgIpc) is 3.75. The Kier molecular flexibility index (Phi) is 9.71. The van der Waals surface area contributed by atoms with Crippen molar-refractivity contribution in [2.45, 2.75) is 52.1 Å². The number of methoxy groups -OCH3 is 1. The van der Waals surface area contributed by atoms with Crippen LogP contribution in [0.15, 0.2) is 34.7 Å². The average molecular weight is 715 g/mol. The van der Waals surface area contributed by atoms with Crippen molar-refractivity contribution in [1.82, 2.24) is 30.1 Å². The lowest BCUT2D eigenvalue weighted by Crippen LogP contribution is -2.54. The van der Waals surface area contributed by atoms with Crippen molar-refractivity contribution in [2.75, 3.05) is 25.6 Å². The summed E-state index contributed by atoms with van der Waals surface area (Å²) in [5.74, 6) is -3.74. The van der Waals surface area contributed by atoms with E-state index >= 15 is 0 Å². The Morgan fingerprint density at radius 3 is 2.60 bits per heavy atom. The number of imidazole rings is 1. The monoisotopic (exact) mass is 714 g/mol. The summed E-state index contributed by atoms with van der Waals surface area (Å²) in [5, 5.41) is 7.63. The van der Waals surface area contributed by atoms with Crippen LogP contribution in [0, 0.1) is 6.92 Å². The third-order valence-electron chi connectivity index (χ3n) is 8.55. The van der Waals surface area contributed by atoms with E-state index in [4.69, 9.17) is 19.6 Å². The first-order valence-corrected chi connectivity index (χ1v) is 16.3. The van der Waals surface area contributed by atoms with E-state index in [0.29, 0.717) is 35.5 Å². The molecular weight excluding hydrogens is 680 g/mol. The lowest BCUT2D eigenvalue weighted by atomic mass is 10.0. The first-order chi connectivity index (χ1) is 24.9. The van der Waals surface area contributed by atoms with Crippen LogP contribution in [-0.2, 0) is 27.3 Å². The molecule has 1 saturated heterocycles. The number of aryl methyl sites for hydroxylation is 3. The van der Waals surface area contributed by atoms with Gasteiger partial charge in [0.25, 0.3) is 23.6 Å². The maximum Gasteiger partial charge on any atom is 0.295 e. The fraction of sp³-hybridized carbons (Fsp3) is 0.324. The molecule has 18 nitrogen and oxygen atoms in total. The largest absolute Gasteiger partial charge is 0.494 e. The Morgan fingerprint density at radius 1 is 1.10 bits per heavy atom. The van der Waals surface area contributed by atoms with Gasteiger partial charge in [-0.3, -0.25) is 49.1 Å². The fourth-order valence-corrected chi connectivity index (χ4v) is 6.15. The number of oxazole rings is 1. The van der Waals surface area contributed by atoms with Gasteiger partial charge in [-0.1, -0.05) is 13.0 Å². The van der Waals surface area contributed by atoms with Crippen molar-refractivity contribution in [3.63, 3.8) is 0 Å². The Morgan fingerprint density at radius 2 is 1.88 bits per heavy atom. The molecule has 0 spiro atoms. The molecule has 4 heterocycles. The van der Waals surface area contributed by atoms with Gasteiger partial charge in [-0.15, -0.1) is 0 Å². The molecule has 18 heteroatoms. The summed E-state index contributed by atoms with van der Waals surface area (Å²) in [6.45, 7) is 3.33. The molecule has 2 aromatic heterocycles. The molecule has 1 unspecified atom stereocenters. The third kappa shape index (κ3) is 6.64. The number of piperidine rings is 1. The number of fused-ring (bicyclic) bond motifs is 2. The number of carbonyl (C=O) groups is 7. The molecule has 4 aromatic rings. The van der Waals surface area contributed by atoms with Gasteiger partial charge in [0.05, 0.1) is 29.4 Å². The molecule has 1 fully saturated rings. The van der Waals surface area contributed by atoms with Gasteiger partial charge in [-0.05, 0) is 43.5 Å². The second-order valence-electron chi connectivity index (χ2n) is 11.9. The number of rotatable bonds is 13. The number of anilines is 1. The number of nitrogens with one attached hydrogen (secondary N) is 3. The maximum atomic E-state index is 13.3.